The van der Waals surface area contributed by atoms with E-state index >= 15 is 0 Å². The Morgan fingerprint density at radius 3 is 0.737 bits per heavy atom. The van der Waals surface area contributed by atoms with Crippen molar-refractivity contribution < 1.29 is 62.0 Å². The van der Waals surface area contributed by atoms with E-state index in [0.717, 1.165) is 0 Å². The maximum absolute atomic E-state index is 10.2. The molecule has 0 amide bonds. The van der Waals surface area contributed by atoms with Crippen LogP contribution in [0.25, 0.3) is 0 Å². The van der Waals surface area contributed by atoms with Gasteiger partial charge in [-0.15, -0.1) is 0 Å². The molecule has 0 saturated carbocycles. The average Bonchev–Trinajstić information content (AvgIpc) is 2.91. The van der Waals surface area contributed by atoms with Crippen molar-refractivity contribution in [3.63, 3.8) is 0 Å². The predicted octanol–water partition coefficient (Wildman–Crippen LogP) is -0.788. The van der Waals surface area contributed by atoms with E-state index in [1.807, 2.05) is 0 Å². The van der Waals surface area contributed by atoms with E-state index in [1.54, 1.807) is 0 Å². The number of aliphatic carboxylic acids is 1. The normalized spacial score (nSPS) is 11.4. The first kappa shape index (κ1) is 37.0. The Kier molecular flexibility index (Phi) is 33.1. The summed E-state index contributed by atoms with van der Waals surface area (Å²) >= 11 is 0. The van der Waals surface area contributed by atoms with Gasteiger partial charge in [0.2, 0.25) is 0 Å². The van der Waals surface area contributed by atoms with Crippen LogP contribution in [0.4, 0.5) is 0 Å². The number of rotatable bonds is 34. The zero-order valence-corrected chi connectivity index (χ0v) is 22.7. The van der Waals surface area contributed by atoms with Crippen molar-refractivity contribution in [1.82, 2.24) is 0 Å². The molecule has 0 rings (SSSR count). The zero-order valence-electron chi connectivity index (χ0n) is 22.7. The maximum Gasteiger partial charge on any atom is 0.329 e. The fraction of sp³-hybridized carbons (Fsp3) is 0.958. The van der Waals surface area contributed by atoms with Crippen molar-refractivity contribution in [2.24, 2.45) is 5.73 Å². The fourth-order valence-corrected chi connectivity index (χ4v) is 2.44. The number of carbonyl (C=O) groups is 1. The quantitative estimate of drug-likeness (QED) is 0.0942. The second-order valence-corrected chi connectivity index (χ2v) is 7.36. The van der Waals surface area contributed by atoms with Gasteiger partial charge in [-0.25, -0.2) is 4.79 Å². The second-order valence-electron chi connectivity index (χ2n) is 7.36. The molecular formula is C24H49NO13. The minimum atomic E-state index is -0.995. The molecule has 0 aliphatic heterocycles. The van der Waals surface area contributed by atoms with Crippen LogP contribution in [-0.2, 0) is 56.9 Å². The molecule has 3 N–H and O–H groups in total. The Balaban J connectivity index is 3.02. The molecule has 14 heteroatoms. The summed E-state index contributed by atoms with van der Waals surface area (Å²) in [6, 6.07) is 0. The van der Waals surface area contributed by atoms with Crippen LogP contribution in [-0.4, -0.2) is 163 Å². The summed E-state index contributed by atoms with van der Waals surface area (Å²) in [5.74, 6) is -0.995. The summed E-state index contributed by atoms with van der Waals surface area (Å²) in [5.41, 5.74) is 5.32. The van der Waals surface area contributed by atoms with Crippen molar-refractivity contribution in [3.05, 3.63) is 0 Å². The molecule has 0 fully saturated rings. The topological polar surface area (TPSA) is 165 Å². The van der Waals surface area contributed by atoms with Crippen molar-refractivity contribution in [2.45, 2.75) is 0 Å². The maximum atomic E-state index is 10.2. The first-order valence-electron chi connectivity index (χ1n) is 13.0. The molecule has 0 spiro atoms. The highest BCUT2D eigenvalue weighted by Crippen LogP contribution is 1.87. The molecule has 38 heavy (non-hydrogen) atoms. The molecule has 0 saturated heterocycles. The first-order valence-corrected chi connectivity index (χ1v) is 13.0. The van der Waals surface area contributed by atoms with Crippen molar-refractivity contribution in [3.8, 4) is 0 Å². The smallest absolute Gasteiger partial charge is 0.329 e. The predicted molar refractivity (Wildman–Crippen MR) is 136 cm³/mol. The molecular weight excluding hydrogens is 510 g/mol. The van der Waals surface area contributed by atoms with Gasteiger partial charge in [0.05, 0.1) is 139 Å². The molecule has 0 unspecified atom stereocenters. The first-order chi connectivity index (χ1) is 18.8. The SMILES string of the molecule is NCCOCCOCCOCCOCCOCCOCCOCCOCCOCCOCCOCC(=O)O. The number of carboxylic acids is 1. The lowest BCUT2D eigenvalue weighted by Gasteiger charge is -2.09. The lowest BCUT2D eigenvalue weighted by atomic mass is 10.6. The van der Waals surface area contributed by atoms with E-state index in [0.29, 0.717) is 139 Å². The molecule has 0 atom stereocenters. The number of carboxylic acid groups (broad SMARTS) is 1. The summed E-state index contributed by atoms with van der Waals surface area (Å²) in [6.45, 7) is 10.2. The van der Waals surface area contributed by atoms with Crippen LogP contribution < -0.4 is 5.73 Å². The van der Waals surface area contributed by atoms with E-state index < -0.39 is 5.97 Å². The van der Waals surface area contributed by atoms with E-state index in [-0.39, 0.29) is 13.2 Å². The van der Waals surface area contributed by atoms with Crippen LogP contribution in [0.2, 0.25) is 0 Å². The molecule has 0 aromatic carbocycles. The largest absolute Gasteiger partial charge is 0.480 e. The van der Waals surface area contributed by atoms with Gasteiger partial charge in [0, 0.05) is 6.54 Å². The Morgan fingerprint density at radius 1 is 0.368 bits per heavy atom. The third-order valence-corrected chi connectivity index (χ3v) is 4.21. The highest BCUT2D eigenvalue weighted by molar-refractivity contribution is 5.67. The van der Waals surface area contributed by atoms with Gasteiger partial charge in [0.15, 0.2) is 0 Å². The Labute approximate surface area is 226 Å². The van der Waals surface area contributed by atoms with Crippen molar-refractivity contribution >= 4 is 5.97 Å². The zero-order chi connectivity index (χ0) is 27.6. The molecule has 0 heterocycles. The van der Waals surface area contributed by atoms with Gasteiger partial charge in [0.25, 0.3) is 0 Å². The molecule has 0 aliphatic rings. The number of hydrogen-bond donors (Lipinski definition) is 2. The monoisotopic (exact) mass is 559 g/mol. The van der Waals surface area contributed by atoms with Crippen LogP contribution >= 0.6 is 0 Å². The Hall–Kier alpha value is -1.01. The van der Waals surface area contributed by atoms with Crippen LogP contribution in [0.5, 0.6) is 0 Å². The summed E-state index contributed by atoms with van der Waals surface area (Å²) in [7, 11) is 0. The van der Waals surface area contributed by atoms with Gasteiger partial charge in [-0.05, 0) is 0 Å². The van der Waals surface area contributed by atoms with Gasteiger partial charge >= 0.3 is 5.97 Å². The van der Waals surface area contributed by atoms with Crippen molar-refractivity contribution in [1.29, 1.82) is 0 Å². The summed E-state index contributed by atoms with van der Waals surface area (Å²) in [4.78, 5) is 10.2. The third-order valence-electron chi connectivity index (χ3n) is 4.21. The fourth-order valence-electron chi connectivity index (χ4n) is 2.44. The molecule has 228 valence electrons. The van der Waals surface area contributed by atoms with Gasteiger partial charge in [0.1, 0.15) is 6.61 Å². The molecule has 0 radical (unpaired) electrons. The number of nitrogens with two attached hydrogens (primary N) is 1. The van der Waals surface area contributed by atoms with Crippen LogP contribution in [0.1, 0.15) is 0 Å². The third kappa shape index (κ3) is 35.0. The van der Waals surface area contributed by atoms with E-state index in [4.69, 9.17) is 62.9 Å². The lowest BCUT2D eigenvalue weighted by molar-refractivity contribution is -0.142. The van der Waals surface area contributed by atoms with Crippen LogP contribution in [0.15, 0.2) is 0 Å². The number of ether oxygens (including phenoxy) is 11. The van der Waals surface area contributed by atoms with Crippen molar-refractivity contribution in [2.75, 3.05) is 152 Å². The molecule has 0 aliphatic carbocycles. The molecule has 0 bridgehead atoms. The van der Waals surface area contributed by atoms with E-state index in [2.05, 4.69) is 0 Å². The number of hydrogen-bond acceptors (Lipinski definition) is 13. The van der Waals surface area contributed by atoms with Gasteiger partial charge < -0.3 is 62.9 Å². The standard InChI is InChI=1S/C24H49NO13/c25-1-2-28-3-4-29-5-6-30-7-8-31-9-10-32-11-12-33-13-14-34-15-16-35-17-18-36-19-20-37-21-22-38-23-24(26)27/h1-23,25H2,(H,26,27). The van der Waals surface area contributed by atoms with Crippen LogP contribution in [0, 0.1) is 0 Å². The highest BCUT2D eigenvalue weighted by atomic mass is 16.6. The molecule has 14 nitrogen and oxygen atoms in total. The minimum Gasteiger partial charge on any atom is -0.480 e. The summed E-state index contributed by atoms with van der Waals surface area (Å²) < 4.78 is 58.5. The molecule has 0 aromatic heterocycles. The van der Waals surface area contributed by atoms with Gasteiger partial charge in [-0.2, -0.15) is 0 Å². The minimum absolute atomic E-state index is 0.243. The van der Waals surface area contributed by atoms with Gasteiger partial charge in [-0.1, -0.05) is 0 Å². The van der Waals surface area contributed by atoms with Gasteiger partial charge in [-0.3, -0.25) is 0 Å². The Morgan fingerprint density at radius 2 is 0.553 bits per heavy atom. The summed E-state index contributed by atoms with van der Waals surface area (Å²) in [6.07, 6.45) is 0. The summed E-state index contributed by atoms with van der Waals surface area (Å²) in [5, 5.41) is 8.40. The van der Waals surface area contributed by atoms with E-state index in [1.165, 1.54) is 0 Å². The highest BCUT2D eigenvalue weighted by Gasteiger charge is 1.97. The average molecular weight is 560 g/mol. The van der Waals surface area contributed by atoms with Crippen LogP contribution in [0.3, 0.4) is 0 Å². The molecule has 0 aromatic rings. The Bertz CT molecular complexity index is 463. The van der Waals surface area contributed by atoms with E-state index in [9.17, 15) is 4.79 Å². The lowest BCUT2D eigenvalue weighted by Crippen LogP contribution is -2.16. The second kappa shape index (κ2) is 34.0.